The standard InChI is InChI=1S/C14H13N3O3/c15-13(18)16-11-6-8-12(9-7-11)20-14(19)17-10-4-2-1-3-5-10/h1-9H,(H,17,19)(H3,15,16,18). The molecule has 0 unspecified atom stereocenters. The Balaban J connectivity index is 1.93. The second kappa shape index (κ2) is 6.24. The summed E-state index contributed by atoms with van der Waals surface area (Å²) in [5.41, 5.74) is 6.15. The Kier molecular flexibility index (Phi) is 4.18. The quantitative estimate of drug-likeness (QED) is 0.801. The molecule has 2 aromatic carbocycles. The largest absolute Gasteiger partial charge is 0.417 e. The van der Waals surface area contributed by atoms with Crippen LogP contribution >= 0.6 is 0 Å². The molecule has 3 amide bonds. The van der Waals surface area contributed by atoms with E-state index in [2.05, 4.69) is 10.6 Å². The third-order valence-corrected chi connectivity index (χ3v) is 2.35. The van der Waals surface area contributed by atoms with Gasteiger partial charge in [-0.15, -0.1) is 0 Å². The molecule has 20 heavy (non-hydrogen) atoms. The van der Waals surface area contributed by atoms with E-state index in [0.29, 0.717) is 17.1 Å². The van der Waals surface area contributed by atoms with Crippen molar-refractivity contribution in [2.24, 2.45) is 5.73 Å². The molecule has 0 fully saturated rings. The van der Waals surface area contributed by atoms with Crippen molar-refractivity contribution in [3.63, 3.8) is 0 Å². The normalized spacial score (nSPS) is 9.60. The number of ether oxygens (including phenoxy) is 1. The molecule has 6 nitrogen and oxygen atoms in total. The lowest BCUT2D eigenvalue weighted by atomic mass is 10.3. The van der Waals surface area contributed by atoms with Crippen LogP contribution in [0.4, 0.5) is 21.0 Å². The Morgan fingerprint density at radius 2 is 1.45 bits per heavy atom. The maximum absolute atomic E-state index is 11.6. The average molecular weight is 271 g/mol. The van der Waals surface area contributed by atoms with E-state index in [0.717, 1.165) is 0 Å². The minimum atomic E-state index is -0.652. The molecule has 0 spiro atoms. The Labute approximate surface area is 115 Å². The van der Waals surface area contributed by atoms with Gasteiger partial charge in [-0.05, 0) is 36.4 Å². The number of para-hydroxylation sites is 1. The van der Waals surface area contributed by atoms with Crippen LogP contribution in [0.5, 0.6) is 5.75 Å². The molecule has 0 saturated heterocycles. The molecule has 2 aromatic rings. The van der Waals surface area contributed by atoms with E-state index in [1.165, 1.54) is 0 Å². The van der Waals surface area contributed by atoms with E-state index in [4.69, 9.17) is 10.5 Å². The minimum absolute atomic E-state index is 0.355. The monoisotopic (exact) mass is 271 g/mol. The molecule has 102 valence electrons. The van der Waals surface area contributed by atoms with Crippen LogP contribution in [0.2, 0.25) is 0 Å². The van der Waals surface area contributed by atoms with Crippen molar-refractivity contribution in [1.29, 1.82) is 0 Å². The SMILES string of the molecule is NC(=O)Nc1ccc(OC(=O)Nc2ccccc2)cc1. The van der Waals surface area contributed by atoms with Gasteiger partial charge in [-0.1, -0.05) is 18.2 Å². The number of anilines is 2. The lowest BCUT2D eigenvalue weighted by Gasteiger charge is -2.07. The summed E-state index contributed by atoms with van der Waals surface area (Å²) in [6, 6.07) is 14.6. The highest BCUT2D eigenvalue weighted by Crippen LogP contribution is 2.16. The van der Waals surface area contributed by atoms with Gasteiger partial charge in [0.15, 0.2) is 0 Å². The number of hydrogen-bond donors (Lipinski definition) is 3. The molecule has 0 atom stereocenters. The number of hydrogen-bond acceptors (Lipinski definition) is 3. The van der Waals surface area contributed by atoms with Gasteiger partial charge in [0.25, 0.3) is 0 Å². The molecule has 6 heteroatoms. The number of nitrogens with two attached hydrogens (primary N) is 1. The van der Waals surface area contributed by atoms with Crippen LogP contribution in [-0.2, 0) is 0 Å². The molecule has 0 aliphatic carbocycles. The predicted molar refractivity (Wildman–Crippen MR) is 75.7 cm³/mol. The zero-order valence-corrected chi connectivity index (χ0v) is 10.5. The maximum atomic E-state index is 11.6. The van der Waals surface area contributed by atoms with Crippen LogP contribution in [0.1, 0.15) is 0 Å². The van der Waals surface area contributed by atoms with Crippen molar-refractivity contribution < 1.29 is 14.3 Å². The number of amides is 3. The first-order valence-corrected chi connectivity index (χ1v) is 5.84. The second-order valence-electron chi connectivity index (χ2n) is 3.89. The summed E-state index contributed by atoms with van der Waals surface area (Å²) in [6.07, 6.45) is -0.591. The molecule has 0 aliphatic rings. The van der Waals surface area contributed by atoms with Crippen LogP contribution in [0.25, 0.3) is 0 Å². The summed E-state index contributed by atoms with van der Waals surface area (Å²) in [7, 11) is 0. The van der Waals surface area contributed by atoms with E-state index >= 15 is 0 Å². The molecule has 2 rings (SSSR count). The molecular formula is C14H13N3O3. The van der Waals surface area contributed by atoms with E-state index in [1.807, 2.05) is 6.07 Å². The molecule has 0 aromatic heterocycles. The zero-order valence-electron chi connectivity index (χ0n) is 10.5. The average Bonchev–Trinajstić information content (AvgIpc) is 2.41. The van der Waals surface area contributed by atoms with E-state index in [9.17, 15) is 9.59 Å². The van der Waals surface area contributed by atoms with Crippen LogP contribution in [0.15, 0.2) is 54.6 Å². The van der Waals surface area contributed by atoms with Crippen molar-refractivity contribution in [2.45, 2.75) is 0 Å². The van der Waals surface area contributed by atoms with Gasteiger partial charge in [0.1, 0.15) is 5.75 Å². The van der Waals surface area contributed by atoms with Gasteiger partial charge in [-0.3, -0.25) is 5.32 Å². The van der Waals surface area contributed by atoms with Crippen LogP contribution in [0, 0.1) is 0 Å². The Morgan fingerprint density at radius 3 is 2.05 bits per heavy atom. The van der Waals surface area contributed by atoms with Gasteiger partial charge in [-0.2, -0.15) is 0 Å². The van der Waals surface area contributed by atoms with Gasteiger partial charge in [-0.25, -0.2) is 9.59 Å². The third kappa shape index (κ3) is 4.02. The topological polar surface area (TPSA) is 93.5 Å². The van der Waals surface area contributed by atoms with Gasteiger partial charge in [0, 0.05) is 11.4 Å². The number of urea groups is 1. The predicted octanol–water partition coefficient (Wildman–Crippen LogP) is 2.79. The number of primary amides is 1. The summed E-state index contributed by atoms with van der Waals surface area (Å²) in [5, 5.41) is 4.99. The highest BCUT2D eigenvalue weighted by molar-refractivity contribution is 5.88. The van der Waals surface area contributed by atoms with E-state index in [1.54, 1.807) is 48.5 Å². The van der Waals surface area contributed by atoms with Crippen molar-refractivity contribution >= 4 is 23.5 Å². The van der Waals surface area contributed by atoms with Gasteiger partial charge in [0.2, 0.25) is 0 Å². The van der Waals surface area contributed by atoms with Crippen molar-refractivity contribution in [3.8, 4) is 5.75 Å². The summed E-state index contributed by atoms with van der Waals surface area (Å²) in [5.74, 6) is 0.355. The fourth-order valence-corrected chi connectivity index (χ4v) is 1.52. The number of carbonyl (C=O) groups is 2. The number of nitrogens with one attached hydrogen (secondary N) is 2. The number of benzene rings is 2. The van der Waals surface area contributed by atoms with Gasteiger partial charge in [0.05, 0.1) is 0 Å². The molecule has 0 bridgehead atoms. The highest BCUT2D eigenvalue weighted by atomic mass is 16.6. The van der Waals surface area contributed by atoms with Gasteiger partial charge >= 0.3 is 12.1 Å². The maximum Gasteiger partial charge on any atom is 0.417 e. The smallest absolute Gasteiger partial charge is 0.410 e. The summed E-state index contributed by atoms with van der Waals surface area (Å²) < 4.78 is 5.08. The first-order chi connectivity index (χ1) is 9.63. The Bertz CT molecular complexity index is 597. The van der Waals surface area contributed by atoms with Crippen LogP contribution < -0.4 is 21.1 Å². The molecular weight excluding hydrogens is 258 g/mol. The lowest BCUT2D eigenvalue weighted by Crippen LogP contribution is -2.19. The molecule has 0 radical (unpaired) electrons. The molecule has 4 N–H and O–H groups in total. The molecule has 0 heterocycles. The molecule has 0 saturated carbocycles. The zero-order chi connectivity index (χ0) is 14.4. The summed E-state index contributed by atoms with van der Waals surface area (Å²) in [4.78, 5) is 22.3. The van der Waals surface area contributed by atoms with Crippen molar-refractivity contribution in [3.05, 3.63) is 54.6 Å². The fourth-order valence-electron chi connectivity index (χ4n) is 1.52. The Hall–Kier alpha value is -3.02. The van der Waals surface area contributed by atoms with Crippen LogP contribution in [-0.4, -0.2) is 12.1 Å². The Morgan fingerprint density at radius 1 is 0.850 bits per heavy atom. The number of carbonyl (C=O) groups excluding carboxylic acids is 2. The van der Waals surface area contributed by atoms with E-state index < -0.39 is 12.1 Å². The third-order valence-electron chi connectivity index (χ3n) is 2.35. The first kappa shape index (κ1) is 13.4. The van der Waals surface area contributed by atoms with Crippen molar-refractivity contribution in [2.75, 3.05) is 10.6 Å². The van der Waals surface area contributed by atoms with Crippen molar-refractivity contribution in [1.82, 2.24) is 0 Å². The van der Waals surface area contributed by atoms with E-state index in [-0.39, 0.29) is 0 Å². The lowest BCUT2D eigenvalue weighted by molar-refractivity contribution is 0.215. The highest BCUT2D eigenvalue weighted by Gasteiger charge is 2.05. The fraction of sp³-hybridized carbons (Fsp3) is 0. The second-order valence-corrected chi connectivity index (χ2v) is 3.89. The minimum Gasteiger partial charge on any atom is -0.410 e. The first-order valence-electron chi connectivity index (χ1n) is 5.84. The molecule has 0 aliphatic heterocycles. The van der Waals surface area contributed by atoms with Gasteiger partial charge < -0.3 is 15.8 Å². The number of rotatable bonds is 3. The summed E-state index contributed by atoms with van der Waals surface area (Å²) in [6.45, 7) is 0. The van der Waals surface area contributed by atoms with Crippen LogP contribution in [0.3, 0.4) is 0 Å². The summed E-state index contributed by atoms with van der Waals surface area (Å²) >= 11 is 0.